The predicted molar refractivity (Wildman–Crippen MR) is 64.5 cm³/mol. The summed E-state index contributed by atoms with van der Waals surface area (Å²) < 4.78 is 0. The highest BCUT2D eigenvalue weighted by Gasteiger charge is 2.18. The summed E-state index contributed by atoms with van der Waals surface area (Å²) in [6.45, 7) is 12.3. The minimum absolute atomic E-state index is 0.251. The molecule has 0 aliphatic heterocycles. The summed E-state index contributed by atoms with van der Waals surface area (Å²) in [5, 5.41) is 7.22. The topological polar surface area (TPSA) is 24.1 Å². The van der Waals surface area contributed by atoms with Gasteiger partial charge in [0.1, 0.15) is 0 Å². The first-order valence-corrected chi connectivity index (χ1v) is 6.06. The highest BCUT2D eigenvalue weighted by atomic mass is 15.1. The molecule has 86 valence electrons. The zero-order chi connectivity index (χ0) is 11.0. The Bertz CT molecular complexity index is 132. The van der Waals surface area contributed by atoms with Gasteiger partial charge in [-0.3, -0.25) is 5.32 Å². The van der Waals surface area contributed by atoms with Crippen molar-refractivity contribution in [3.63, 3.8) is 0 Å². The van der Waals surface area contributed by atoms with Gasteiger partial charge in [0.15, 0.2) is 0 Å². The van der Waals surface area contributed by atoms with Gasteiger partial charge in [-0.2, -0.15) is 0 Å². The van der Waals surface area contributed by atoms with Crippen molar-refractivity contribution < 1.29 is 0 Å². The standard InChI is InChI=1S/C12H28N2/c1-6-9-11(13-10-7-2)14-12(4,5)8-3/h11,13-14H,6-10H2,1-5H3. The minimum Gasteiger partial charge on any atom is -0.302 e. The molecule has 0 saturated carbocycles. The van der Waals surface area contributed by atoms with E-state index in [1.165, 1.54) is 25.7 Å². The largest absolute Gasteiger partial charge is 0.302 e. The van der Waals surface area contributed by atoms with E-state index in [9.17, 15) is 0 Å². The molecule has 0 rings (SSSR count). The third-order valence-electron chi connectivity index (χ3n) is 2.67. The van der Waals surface area contributed by atoms with Gasteiger partial charge in [-0.25, -0.2) is 0 Å². The Balaban J connectivity index is 3.94. The zero-order valence-electron chi connectivity index (χ0n) is 10.6. The van der Waals surface area contributed by atoms with Gasteiger partial charge in [-0.05, 0) is 39.7 Å². The van der Waals surface area contributed by atoms with Gasteiger partial charge in [0, 0.05) is 5.54 Å². The van der Waals surface area contributed by atoms with E-state index in [0.29, 0.717) is 6.17 Å². The van der Waals surface area contributed by atoms with Crippen molar-refractivity contribution in [3.8, 4) is 0 Å². The van der Waals surface area contributed by atoms with Crippen molar-refractivity contribution in [1.82, 2.24) is 10.6 Å². The predicted octanol–water partition coefficient (Wildman–Crippen LogP) is 2.89. The second-order valence-electron chi connectivity index (χ2n) is 4.68. The molecular weight excluding hydrogens is 172 g/mol. The van der Waals surface area contributed by atoms with E-state index in [-0.39, 0.29) is 5.54 Å². The number of hydrogen-bond donors (Lipinski definition) is 2. The van der Waals surface area contributed by atoms with Crippen LogP contribution in [-0.4, -0.2) is 18.2 Å². The van der Waals surface area contributed by atoms with Gasteiger partial charge in [0.25, 0.3) is 0 Å². The Labute approximate surface area is 89.9 Å². The molecule has 0 aromatic rings. The molecule has 0 aliphatic rings. The summed E-state index contributed by atoms with van der Waals surface area (Å²) in [7, 11) is 0. The SMILES string of the molecule is CCCNC(CCC)NC(C)(C)CC. The Morgan fingerprint density at radius 1 is 1.07 bits per heavy atom. The zero-order valence-corrected chi connectivity index (χ0v) is 10.6. The fourth-order valence-electron chi connectivity index (χ4n) is 1.41. The van der Waals surface area contributed by atoms with Crippen molar-refractivity contribution in [2.45, 2.75) is 72.0 Å². The van der Waals surface area contributed by atoms with Crippen LogP contribution in [0.5, 0.6) is 0 Å². The molecule has 0 saturated heterocycles. The molecule has 0 heterocycles. The van der Waals surface area contributed by atoms with E-state index in [2.05, 4.69) is 45.3 Å². The molecule has 0 amide bonds. The molecule has 0 radical (unpaired) electrons. The average Bonchev–Trinajstić information content (AvgIpc) is 2.14. The van der Waals surface area contributed by atoms with Crippen LogP contribution in [0, 0.1) is 0 Å². The maximum atomic E-state index is 3.67. The molecule has 2 heteroatoms. The van der Waals surface area contributed by atoms with Gasteiger partial charge >= 0.3 is 0 Å². The monoisotopic (exact) mass is 200 g/mol. The van der Waals surface area contributed by atoms with Crippen LogP contribution in [0.2, 0.25) is 0 Å². The average molecular weight is 200 g/mol. The molecule has 2 N–H and O–H groups in total. The Morgan fingerprint density at radius 3 is 2.14 bits per heavy atom. The Hall–Kier alpha value is -0.0800. The lowest BCUT2D eigenvalue weighted by atomic mass is 10.0. The first-order chi connectivity index (χ1) is 6.55. The van der Waals surface area contributed by atoms with Crippen LogP contribution in [0.3, 0.4) is 0 Å². The molecule has 1 atom stereocenters. The number of hydrogen-bond acceptors (Lipinski definition) is 2. The van der Waals surface area contributed by atoms with Crippen molar-refractivity contribution in [2.75, 3.05) is 6.54 Å². The van der Waals surface area contributed by atoms with Crippen LogP contribution in [0.15, 0.2) is 0 Å². The highest BCUT2D eigenvalue weighted by Crippen LogP contribution is 2.09. The van der Waals surface area contributed by atoms with Gasteiger partial charge < -0.3 is 5.32 Å². The maximum Gasteiger partial charge on any atom is 0.0575 e. The van der Waals surface area contributed by atoms with Crippen LogP contribution in [0.25, 0.3) is 0 Å². The van der Waals surface area contributed by atoms with Crippen LogP contribution < -0.4 is 10.6 Å². The summed E-state index contributed by atoms with van der Waals surface area (Å²) >= 11 is 0. The van der Waals surface area contributed by atoms with Crippen molar-refractivity contribution >= 4 is 0 Å². The van der Waals surface area contributed by atoms with E-state index < -0.39 is 0 Å². The van der Waals surface area contributed by atoms with E-state index in [4.69, 9.17) is 0 Å². The molecule has 2 nitrogen and oxygen atoms in total. The minimum atomic E-state index is 0.251. The summed E-state index contributed by atoms with van der Waals surface area (Å²) in [5.41, 5.74) is 0.251. The van der Waals surface area contributed by atoms with Gasteiger partial charge in [-0.1, -0.05) is 27.2 Å². The molecule has 0 aromatic carbocycles. The van der Waals surface area contributed by atoms with Crippen molar-refractivity contribution in [1.29, 1.82) is 0 Å². The van der Waals surface area contributed by atoms with Gasteiger partial charge in [-0.15, -0.1) is 0 Å². The van der Waals surface area contributed by atoms with E-state index in [1.807, 2.05) is 0 Å². The van der Waals surface area contributed by atoms with Crippen LogP contribution in [-0.2, 0) is 0 Å². The van der Waals surface area contributed by atoms with Crippen molar-refractivity contribution in [3.05, 3.63) is 0 Å². The summed E-state index contributed by atoms with van der Waals surface area (Å²) in [5.74, 6) is 0. The van der Waals surface area contributed by atoms with Crippen LogP contribution in [0.4, 0.5) is 0 Å². The molecule has 0 aliphatic carbocycles. The fraction of sp³-hybridized carbons (Fsp3) is 1.00. The molecule has 0 spiro atoms. The Kier molecular flexibility index (Phi) is 7.20. The van der Waals surface area contributed by atoms with Crippen molar-refractivity contribution in [2.24, 2.45) is 0 Å². The lowest BCUT2D eigenvalue weighted by Crippen LogP contribution is -2.52. The molecule has 0 aromatic heterocycles. The van der Waals surface area contributed by atoms with E-state index in [1.54, 1.807) is 0 Å². The Morgan fingerprint density at radius 2 is 1.71 bits per heavy atom. The van der Waals surface area contributed by atoms with Crippen LogP contribution >= 0.6 is 0 Å². The lowest BCUT2D eigenvalue weighted by Gasteiger charge is -2.31. The second kappa shape index (κ2) is 7.24. The first-order valence-electron chi connectivity index (χ1n) is 6.06. The number of rotatable bonds is 8. The molecular formula is C12H28N2. The smallest absolute Gasteiger partial charge is 0.0575 e. The maximum absolute atomic E-state index is 3.67. The van der Waals surface area contributed by atoms with E-state index >= 15 is 0 Å². The highest BCUT2D eigenvalue weighted by molar-refractivity contribution is 4.79. The normalized spacial score (nSPS) is 14.4. The lowest BCUT2D eigenvalue weighted by molar-refractivity contribution is 0.278. The third kappa shape index (κ3) is 6.39. The first kappa shape index (κ1) is 13.9. The van der Waals surface area contributed by atoms with Gasteiger partial charge in [0.2, 0.25) is 0 Å². The molecule has 0 bridgehead atoms. The quantitative estimate of drug-likeness (QED) is 0.589. The molecule has 1 unspecified atom stereocenters. The second-order valence-corrected chi connectivity index (χ2v) is 4.68. The molecule has 14 heavy (non-hydrogen) atoms. The fourth-order valence-corrected chi connectivity index (χ4v) is 1.41. The van der Waals surface area contributed by atoms with E-state index in [0.717, 1.165) is 6.54 Å². The van der Waals surface area contributed by atoms with Crippen LogP contribution in [0.1, 0.15) is 60.3 Å². The number of nitrogens with one attached hydrogen (secondary N) is 2. The summed E-state index contributed by atoms with van der Waals surface area (Å²) in [6.07, 6.45) is 5.29. The van der Waals surface area contributed by atoms with Gasteiger partial charge in [0.05, 0.1) is 6.17 Å². The third-order valence-corrected chi connectivity index (χ3v) is 2.67. The molecule has 0 fully saturated rings. The summed E-state index contributed by atoms with van der Waals surface area (Å²) in [4.78, 5) is 0. The summed E-state index contributed by atoms with van der Waals surface area (Å²) in [6, 6.07) is 0.